The van der Waals surface area contributed by atoms with E-state index in [1.165, 1.54) is 9.80 Å². The maximum Gasteiger partial charge on any atom is 0.490 e. The summed E-state index contributed by atoms with van der Waals surface area (Å²) >= 11 is 1.46. The van der Waals surface area contributed by atoms with E-state index < -0.39 is 203 Å². The number of carboxylic acid groups (broad SMARTS) is 6. The van der Waals surface area contributed by atoms with E-state index >= 15 is 8.78 Å². The fraction of sp³-hybridized carbons (Fsp3) is 0.452. The Balaban J connectivity index is 0.000000582. The highest BCUT2D eigenvalue weighted by Gasteiger charge is 2.42. The van der Waals surface area contributed by atoms with Crippen LogP contribution in [0.2, 0.25) is 0 Å². The molecular formula is C84H106F10N12O22S2. The zero-order valence-electron chi connectivity index (χ0n) is 71.3. The van der Waals surface area contributed by atoms with Gasteiger partial charge < -0.3 is 104 Å². The van der Waals surface area contributed by atoms with Gasteiger partial charge in [-0.2, -0.15) is 26.3 Å². The van der Waals surface area contributed by atoms with Crippen LogP contribution in [0, 0.1) is 34.1 Å². The SMILES string of the molecule is CC(C)(C)[C@H](c1cc(-c2cc(F)ccc2F)cn1Cc1ccccc1)N(CC[C@H](N)C(=O)NCCCC(=O)CNC(=O)C(CC(=O)O)SC[C@H](N)C(=O)O)C(=O)CO.CC(C)(C)[C@H](c1cc(-c2cc(F)ccc2F)cn1Cc1ccccc1)N(CC[C@H](N)C(=O)NCCCC(=O)CNC(=O)CC(SC[C@H](N)C(=O)O)C(=O)O)C(=O)CO.O=C(O)C(F)(F)F.O=C(O)C(F)(F)F. The molecule has 6 aromatic rings. The summed E-state index contributed by atoms with van der Waals surface area (Å²) in [5, 5.41) is 78.2. The van der Waals surface area contributed by atoms with Gasteiger partial charge in [0.25, 0.3) is 0 Å². The summed E-state index contributed by atoms with van der Waals surface area (Å²) in [4.78, 5) is 168. The molecule has 0 aliphatic rings. The Bertz CT molecular complexity index is 4800. The molecule has 2 unspecified atom stereocenters. The Morgan fingerprint density at radius 3 is 1.12 bits per heavy atom. The lowest BCUT2D eigenvalue weighted by atomic mass is 9.82. The fourth-order valence-electron chi connectivity index (χ4n) is 12.4. The molecule has 2 aromatic heterocycles. The van der Waals surface area contributed by atoms with Crippen LogP contribution in [0.15, 0.2) is 122 Å². The number of carbonyl (C=O) groups is 14. The van der Waals surface area contributed by atoms with Crippen LogP contribution in [-0.2, 0) is 80.2 Å². The predicted molar refractivity (Wildman–Crippen MR) is 454 cm³/mol. The second kappa shape index (κ2) is 53.4. The lowest BCUT2D eigenvalue weighted by molar-refractivity contribution is -0.193. The normalized spacial score (nSPS) is 13.3. The first-order valence-electron chi connectivity index (χ1n) is 39.6. The number of aromatic nitrogens is 2. The van der Waals surface area contributed by atoms with E-state index in [1.807, 2.05) is 111 Å². The molecule has 20 N–H and O–H groups in total. The van der Waals surface area contributed by atoms with Crippen molar-refractivity contribution in [1.82, 2.24) is 40.2 Å². The number of hydrogen-bond acceptors (Lipinski definition) is 22. The molecule has 0 bridgehead atoms. The van der Waals surface area contributed by atoms with Gasteiger partial charge in [-0.25, -0.2) is 27.2 Å². The molecule has 4 aromatic carbocycles. The van der Waals surface area contributed by atoms with Crippen molar-refractivity contribution in [1.29, 1.82) is 0 Å². The number of Topliss-reactive ketones (excluding diaryl/α,β-unsaturated/α-hetero) is 2. The van der Waals surface area contributed by atoms with Crippen molar-refractivity contribution in [3.8, 4) is 22.3 Å². The maximum absolute atomic E-state index is 15.0. The number of nitrogens with zero attached hydrogens (tertiary/aromatic N) is 4. The van der Waals surface area contributed by atoms with Crippen LogP contribution in [0.3, 0.4) is 0 Å². The van der Waals surface area contributed by atoms with Gasteiger partial charge in [-0.05, 0) is 96.2 Å². The first-order chi connectivity index (χ1) is 60.5. The van der Waals surface area contributed by atoms with Crippen LogP contribution in [0.1, 0.15) is 128 Å². The number of nitrogens with one attached hydrogen (secondary N) is 4. The standard InChI is InChI=1S/2C40H52F2N6O9S.2C2HF3O2/c1-40(2,3)36(32-16-25(28-17-26(41)11-12-29(28)42)21-47(32)20-24-8-5-4-6-9-24)48(34(51)22-49)15-13-30(43)37(54)45-14-7-10-27(50)19-46-38(55)33(18-35(52)53)58-23-31(44)39(56)57;1-40(2,3)36(32-16-25(28-17-26(41)11-12-29(28)42)21-47(32)20-24-8-5-4-6-9-24)48(35(52)22-49)15-13-30(43)37(53)45-14-7-10-27(50)19-46-34(51)18-33(39(56)57)58-23-31(44)38(54)55;2*3-2(4,5)1(6)7/h4-6,8-9,11-12,16-17,21,30-31,33,36,49H,7,10,13-15,18-20,22-23,43-44H2,1-3H3,(H,45,54)(H,46,55)(H,52,53)(H,56,57);4-6,8-9,11-12,16-17,21,30-31,33,36,49H,7,10,13-15,18-20,22-23,43-44H2,1-3H3,(H,45,53)(H,46,51)(H,54,55)(H,56,57);2*(H,6,7)/t2*30-,31-,33?,36-;;/m00../s1. The van der Waals surface area contributed by atoms with E-state index in [9.17, 15) is 108 Å². The molecule has 6 amide bonds. The molecule has 130 heavy (non-hydrogen) atoms. The Labute approximate surface area is 747 Å². The third-order valence-corrected chi connectivity index (χ3v) is 21.3. The van der Waals surface area contributed by atoms with Crippen molar-refractivity contribution >= 4 is 106 Å². The minimum Gasteiger partial charge on any atom is -0.481 e. The summed E-state index contributed by atoms with van der Waals surface area (Å²) < 4.78 is 126. The van der Waals surface area contributed by atoms with Crippen molar-refractivity contribution < 1.29 is 152 Å². The highest BCUT2D eigenvalue weighted by atomic mass is 32.2. The zero-order valence-corrected chi connectivity index (χ0v) is 72.9. The number of carbonyl (C=O) groups excluding carboxylic acids is 8. The van der Waals surface area contributed by atoms with E-state index in [1.54, 1.807) is 24.5 Å². The Kier molecular flexibility index (Phi) is 46.1. The largest absolute Gasteiger partial charge is 0.490 e. The number of aliphatic hydroxyl groups excluding tert-OH is 2. The van der Waals surface area contributed by atoms with Crippen molar-refractivity contribution in [3.05, 3.63) is 167 Å². The molecule has 0 saturated carbocycles. The van der Waals surface area contributed by atoms with Crippen LogP contribution < -0.4 is 44.2 Å². The molecule has 0 radical (unpaired) electrons. The molecule has 0 saturated heterocycles. The molecule has 0 aliphatic heterocycles. The van der Waals surface area contributed by atoms with Crippen molar-refractivity contribution in [2.24, 2.45) is 33.8 Å². The number of aliphatic hydroxyl groups is 2. The van der Waals surface area contributed by atoms with E-state index in [4.69, 9.17) is 58.1 Å². The predicted octanol–water partition coefficient (Wildman–Crippen LogP) is 6.62. The van der Waals surface area contributed by atoms with E-state index in [2.05, 4.69) is 21.3 Å². The highest BCUT2D eigenvalue weighted by Crippen LogP contribution is 2.44. The van der Waals surface area contributed by atoms with E-state index in [0.717, 1.165) is 59.3 Å². The number of hydrogen-bond donors (Lipinski definition) is 16. The number of halogens is 10. The number of aliphatic carboxylic acids is 6. The smallest absolute Gasteiger partial charge is 0.481 e. The molecule has 46 heteroatoms. The number of carboxylic acids is 6. The van der Waals surface area contributed by atoms with Crippen LogP contribution >= 0.6 is 23.5 Å². The van der Waals surface area contributed by atoms with Gasteiger partial charge in [-0.3, -0.25) is 57.5 Å². The number of alkyl halides is 6. The van der Waals surface area contributed by atoms with Crippen molar-refractivity contribution in [2.75, 3.05) is 64.0 Å². The summed E-state index contributed by atoms with van der Waals surface area (Å²) in [6, 6.07) is 22.3. The Morgan fingerprint density at radius 2 is 0.800 bits per heavy atom. The molecular weight excluding hydrogens is 1780 g/mol. The van der Waals surface area contributed by atoms with Gasteiger partial charge in [0.05, 0.1) is 48.9 Å². The molecule has 716 valence electrons. The van der Waals surface area contributed by atoms with E-state index in [-0.39, 0.29) is 99.7 Å². The number of benzene rings is 4. The lowest BCUT2D eigenvalue weighted by Crippen LogP contribution is -2.47. The topological polar surface area (TPSA) is 569 Å². The van der Waals surface area contributed by atoms with Crippen molar-refractivity contribution in [2.45, 2.75) is 165 Å². The van der Waals surface area contributed by atoms with Gasteiger partial charge in [0.1, 0.15) is 53.8 Å². The van der Waals surface area contributed by atoms with Gasteiger partial charge in [-0.1, -0.05) is 102 Å². The fourth-order valence-corrected chi connectivity index (χ4v) is 14.4. The Hall–Kier alpha value is -11.8. The summed E-state index contributed by atoms with van der Waals surface area (Å²) in [5.74, 6) is -18.4. The first-order valence-corrected chi connectivity index (χ1v) is 41.7. The monoisotopic (exact) mass is 1890 g/mol. The highest BCUT2D eigenvalue weighted by molar-refractivity contribution is 8.00. The van der Waals surface area contributed by atoms with Crippen LogP contribution in [-0.4, -0.2) is 254 Å². The Morgan fingerprint density at radius 1 is 0.446 bits per heavy atom. The van der Waals surface area contributed by atoms with Crippen molar-refractivity contribution in [3.63, 3.8) is 0 Å². The third kappa shape index (κ3) is 39.2. The summed E-state index contributed by atoms with van der Waals surface area (Å²) in [6.07, 6.45) is -7.63. The second-order valence-electron chi connectivity index (χ2n) is 31.2. The second-order valence-corrected chi connectivity index (χ2v) is 33.7. The number of rotatable bonds is 46. The average Bonchev–Trinajstić information content (AvgIpc) is 1.61. The maximum atomic E-state index is 15.0. The summed E-state index contributed by atoms with van der Waals surface area (Å²) in [6.45, 7) is 9.53. The van der Waals surface area contributed by atoms with Crippen LogP contribution in [0.5, 0.6) is 0 Å². The quantitative estimate of drug-likeness (QED) is 0.0141. The number of amides is 6. The van der Waals surface area contributed by atoms with Gasteiger partial charge in [0.15, 0.2) is 11.6 Å². The summed E-state index contributed by atoms with van der Waals surface area (Å²) in [7, 11) is 0. The molecule has 0 aliphatic carbocycles. The molecule has 0 spiro atoms. The zero-order chi connectivity index (χ0) is 98.5. The van der Waals surface area contributed by atoms with Crippen LogP contribution in [0.25, 0.3) is 22.3 Å². The summed E-state index contributed by atoms with van der Waals surface area (Å²) in [5.41, 5.74) is 25.8. The molecule has 6 rings (SSSR count). The van der Waals surface area contributed by atoms with Gasteiger partial charge in [0.2, 0.25) is 35.4 Å². The van der Waals surface area contributed by atoms with E-state index in [0.29, 0.717) is 47.4 Å². The molecule has 8 atom stereocenters. The molecule has 0 fully saturated rings. The third-order valence-electron chi connectivity index (χ3n) is 18.7. The van der Waals surface area contributed by atoms with Crippen LogP contribution in [0.4, 0.5) is 43.9 Å². The first kappa shape index (κ1) is 112. The van der Waals surface area contributed by atoms with Gasteiger partial charge in [0, 0.05) is 116 Å². The van der Waals surface area contributed by atoms with Gasteiger partial charge in [-0.15, -0.1) is 23.5 Å². The lowest BCUT2D eigenvalue weighted by Gasteiger charge is -2.41. The molecule has 2 heterocycles. The number of ketones is 2. The van der Waals surface area contributed by atoms with Gasteiger partial charge >= 0.3 is 48.2 Å². The minimum atomic E-state index is -5.08. The minimum absolute atomic E-state index is 0.0161. The molecule has 34 nitrogen and oxygen atoms in total. The number of thioether (sulfide) groups is 2. The average molecular weight is 1890 g/mol. The number of nitrogens with two attached hydrogens (primary N) is 4.